The molecule has 0 bridgehead atoms. The molecular formula is C20H29NO4. The summed E-state index contributed by atoms with van der Waals surface area (Å²) < 4.78 is 11.0. The number of nitrogens with one attached hydrogen (secondary N) is 1. The number of aliphatic hydroxyl groups is 1. The molecule has 0 aromatic heterocycles. The Morgan fingerprint density at radius 1 is 1.28 bits per heavy atom. The number of ether oxygens (including phenoxy) is 2. The molecule has 5 nitrogen and oxygen atoms in total. The molecule has 2 unspecified atom stereocenters. The van der Waals surface area contributed by atoms with Crippen molar-refractivity contribution in [2.24, 2.45) is 0 Å². The Morgan fingerprint density at radius 3 is 2.52 bits per heavy atom. The van der Waals surface area contributed by atoms with Gasteiger partial charge in [-0.1, -0.05) is 13.0 Å². The van der Waals surface area contributed by atoms with Crippen LogP contribution < -0.4 is 10.1 Å². The molecule has 2 atom stereocenters. The van der Waals surface area contributed by atoms with Gasteiger partial charge in [0.1, 0.15) is 5.75 Å². The molecule has 25 heavy (non-hydrogen) atoms. The van der Waals surface area contributed by atoms with E-state index in [2.05, 4.69) is 18.3 Å². The van der Waals surface area contributed by atoms with Gasteiger partial charge in [0, 0.05) is 12.7 Å². The molecule has 1 saturated carbocycles. The normalized spacial score (nSPS) is 32.0. The summed E-state index contributed by atoms with van der Waals surface area (Å²) in [6.45, 7) is 4.08. The molecule has 2 N–H and O–H groups in total. The van der Waals surface area contributed by atoms with Gasteiger partial charge in [0.25, 0.3) is 0 Å². The fourth-order valence-electron chi connectivity index (χ4n) is 4.56. The molecule has 1 saturated heterocycles. The average Bonchev–Trinajstić information content (AvgIpc) is 2.85. The molecule has 1 aliphatic heterocycles. The van der Waals surface area contributed by atoms with Crippen LogP contribution in [0.4, 0.5) is 0 Å². The summed E-state index contributed by atoms with van der Waals surface area (Å²) in [5.41, 5.74) is 2.46. The Labute approximate surface area is 149 Å². The zero-order valence-electron chi connectivity index (χ0n) is 15.6. The Kier molecular flexibility index (Phi) is 5.07. The number of hydrogen-bond acceptors (Lipinski definition) is 4. The molecule has 2 fully saturated rings. The summed E-state index contributed by atoms with van der Waals surface area (Å²) in [5, 5.41) is 14.3. The first-order valence-corrected chi connectivity index (χ1v) is 9.16. The van der Waals surface area contributed by atoms with Crippen LogP contribution in [0, 0.1) is 6.92 Å². The summed E-state index contributed by atoms with van der Waals surface area (Å²) in [6.07, 6.45) is 3.45. The third kappa shape index (κ3) is 3.04. The van der Waals surface area contributed by atoms with E-state index in [4.69, 9.17) is 9.47 Å². The van der Waals surface area contributed by atoms with E-state index < -0.39 is 17.6 Å². The quantitative estimate of drug-likeness (QED) is 0.878. The van der Waals surface area contributed by atoms with Crippen molar-refractivity contribution < 1.29 is 19.4 Å². The summed E-state index contributed by atoms with van der Waals surface area (Å²) in [5.74, 6) is 0.0171. The highest BCUT2D eigenvalue weighted by atomic mass is 16.5. The van der Waals surface area contributed by atoms with E-state index in [1.807, 2.05) is 13.0 Å². The van der Waals surface area contributed by atoms with Gasteiger partial charge in [0.05, 0.1) is 30.8 Å². The molecule has 1 spiro atoms. The van der Waals surface area contributed by atoms with Crippen LogP contribution in [0.1, 0.15) is 55.2 Å². The number of rotatable bonds is 4. The van der Waals surface area contributed by atoms with E-state index in [0.717, 1.165) is 48.8 Å². The van der Waals surface area contributed by atoms with Gasteiger partial charge in [-0.25, -0.2) is 0 Å². The van der Waals surface area contributed by atoms with E-state index >= 15 is 0 Å². The highest BCUT2D eigenvalue weighted by Crippen LogP contribution is 2.45. The molecule has 2 aliphatic rings. The van der Waals surface area contributed by atoms with Crippen molar-refractivity contribution in [1.82, 2.24) is 5.32 Å². The molecule has 138 valence electrons. The monoisotopic (exact) mass is 347 g/mol. The number of methoxy groups -OCH3 is 2. The van der Waals surface area contributed by atoms with Crippen molar-refractivity contribution in [1.29, 1.82) is 0 Å². The number of carbonyl (C=O) groups excluding carboxylic acids is 1. The number of amides is 1. The fourth-order valence-corrected chi connectivity index (χ4v) is 4.56. The molecule has 1 heterocycles. The van der Waals surface area contributed by atoms with Gasteiger partial charge >= 0.3 is 0 Å². The minimum Gasteiger partial charge on any atom is -0.496 e. The number of aryl methyl sites for hydroxylation is 2. The lowest BCUT2D eigenvalue weighted by atomic mass is 9.74. The van der Waals surface area contributed by atoms with Gasteiger partial charge in [0.15, 0.2) is 0 Å². The molecule has 1 aliphatic carbocycles. The van der Waals surface area contributed by atoms with Crippen molar-refractivity contribution in [3.63, 3.8) is 0 Å². The first-order valence-electron chi connectivity index (χ1n) is 9.16. The molecule has 1 aromatic carbocycles. The van der Waals surface area contributed by atoms with Gasteiger partial charge in [-0.05, 0) is 56.2 Å². The summed E-state index contributed by atoms with van der Waals surface area (Å²) >= 11 is 0. The third-order valence-electron chi connectivity index (χ3n) is 5.98. The maximum absolute atomic E-state index is 12.9. The highest BCUT2D eigenvalue weighted by molar-refractivity contribution is 5.89. The van der Waals surface area contributed by atoms with E-state index in [1.165, 1.54) is 0 Å². The SMILES string of the molecule is CCc1cc(C)cc(OC)c1C1C(=O)NC2(CCC(OC)CC2)C1O. The summed E-state index contributed by atoms with van der Waals surface area (Å²) in [6, 6.07) is 4.03. The van der Waals surface area contributed by atoms with Gasteiger partial charge in [-0.2, -0.15) is 0 Å². The number of carbonyl (C=O) groups is 1. The lowest BCUT2D eigenvalue weighted by Crippen LogP contribution is -2.52. The van der Waals surface area contributed by atoms with Crippen molar-refractivity contribution in [2.45, 2.75) is 69.6 Å². The average molecular weight is 347 g/mol. The van der Waals surface area contributed by atoms with Gasteiger partial charge < -0.3 is 19.9 Å². The minimum atomic E-state index is -0.750. The lowest BCUT2D eigenvalue weighted by molar-refractivity contribution is -0.121. The van der Waals surface area contributed by atoms with Crippen LogP contribution in [0.25, 0.3) is 0 Å². The van der Waals surface area contributed by atoms with Gasteiger partial charge in [-0.15, -0.1) is 0 Å². The smallest absolute Gasteiger partial charge is 0.230 e. The highest BCUT2D eigenvalue weighted by Gasteiger charge is 2.55. The van der Waals surface area contributed by atoms with E-state index in [9.17, 15) is 9.90 Å². The first-order chi connectivity index (χ1) is 12.0. The third-order valence-corrected chi connectivity index (χ3v) is 5.98. The Balaban J connectivity index is 1.98. The van der Waals surface area contributed by atoms with Crippen LogP contribution in [-0.2, 0) is 16.0 Å². The standard InChI is InChI=1S/C20H29NO4/c1-5-13-10-12(2)11-15(25-4)16(13)17-18(22)20(21-19(17)23)8-6-14(24-3)7-9-20/h10-11,14,17-18,22H,5-9H2,1-4H3,(H,21,23). The Bertz CT molecular complexity index is 624. The number of aliphatic hydroxyl groups excluding tert-OH is 1. The largest absolute Gasteiger partial charge is 0.496 e. The van der Waals surface area contributed by atoms with Crippen LogP contribution in [0.3, 0.4) is 0 Å². The summed E-state index contributed by atoms with van der Waals surface area (Å²) in [4.78, 5) is 12.9. The van der Waals surface area contributed by atoms with Crippen molar-refractivity contribution >= 4 is 5.91 Å². The minimum absolute atomic E-state index is 0.0970. The molecular weight excluding hydrogens is 318 g/mol. The number of benzene rings is 1. The first kappa shape index (κ1) is 18.2. The molecule has 1 aromatic rings. The van der Waals surface area contributed by atoms with Crippen LogP contribution in [-0.4, -0.2) is 43.0 Å². The van der Waals surface area contributed by atoms with Gasteiger partial charge in [0.2, 0.25) is 5.91 Å². The zero-order chi connectivity index (χ0) is 18.2. The molecule has 1 amide bonds. The van der Waals surface area contributed by atoms with Gasteiger partial charge in [-0.3, -0.25) is 4.79 Å². The van der Waals surface area contributed by atoms with Crippen molar-refractivity contribution in [2.75, 3.05) is 14.2 Å². The number of hydrogen-bond donors (Lipinski definition) is 2. The molecule has 0 radical (unpaired) electrons. The maximum atomic E-state index is 12.9. The summed E-state index contributed by atoms with van der Waals surface area (Å²) in [7, 11) is 3.34. The predicted octanol–water partition coefficient (Wildman–Crippen LogP) is 2.47. The second-order valence-corrected chi connectivity index (χ2v) is 7.40. The van der Waals surface area contributed by atoms with Crippen LogP contribution in [0.2, 0.25) is 0 Å². The zero-order valence-corrected chi connectivity index (χ0v) is 15.6. The predicted molar refractivity (Wildman–Crippen MR) is 96.0 cm³/mol. The van der Waals surface area contributed by atoms with E-state index in [-0.39, 0.29) is 12.0 Å². The second-order valence-electron chi connectivity index (χ2n) is 7.40. The van der Waals surface area contributed by atoms with E-state index in [0.29, 0.717) is 5.75 Å². The van der Waals surface area contributed by atoms with Crippen LogP contribution in [0.15, 0.2) is 12.1 Å². The fraction of sp³-hybridized carbons (Fsp3) is 0.650. The van der Waals surface area contributed by atoms with Crippen molar-refractivity contribution in [3.8, 4) is 5.75 Å². The Hall–Kier alpha value is -1.59. The lowest BCUT2D eigenvalue weighted by Gasteiger charge is -2.39. The molecule has 3 rings (SSSR count). The Morgan fingerprint density at radius 2 is 1.96 bits per heavy atom. The topological polar surface area (TPSA) is 67.8 Å². The maximum Gasteiger partial charge on any atom is 0.230 e. The van der Waals surface area contributed by atoms with Crippen LogP contribution in [0.5, 0.6) is 5.75 Å². The van der Waals surface area contributed by atoms with Crippen LogP contribution >= 0.6 is 0 Å². The van der Waals surface area contributed by atoms with E-state index in [1.54, 1.807) is 14.2 Å². The van der Waals surface area contributed by atoms with Crippen molar-refractivity contribution in [3.05, 3.63) is 28.8 Å². The second kappa shape index (κ2) is 6.96. The molecule has 5 heteroatoms.